The van der Waals surface area contributed by atoms with Crippen LogP contribution in [0.25, 0.3) is 44.3 Å². The maximum Gasteiger partial charge on any atom is 0.159 e. The van der Waals surface area contributed by atoms with Gasteiger partial charge in [-0.05, 0) is 104 Å². The van der Waals surface area contributed by atoms with E-state index in [1.54, 1.807) is 0 Å². The van der Waals surface area contributed by atoms with Crippen LogP contribution in [0.3, 0.4) is 0 Å². The third kappa shape index (κ3) is 5.50. The van der Waals surface area contributed by atoms with Crippen LogP contribution in [0.5, 0.6) is 0 Å². The van der Waals surface area contributed by atoms with Crippen LogP contribution in [0, 0.1) is 0 Å². The normalized spacial score (nSPS) is 15.6. The third-order valence-electron chi connectivity index (χ3n) is 12.2. The molecular formula is C55H36N4S. The maximum absolute atomic E-state index is 5.41. The van der Waals surface area contributed by atoms with Crippen LogP contribution < -0.4 is 5.32 Å². The molecule has 3 aliphatic rings. The fourth-order valence-electron chi connectivity index (χ4n) is 9.48. The summed E-state index contributed by atoms with van der Waals surface area (Å²) in [5, 5.41) is 4.84. The Morgan fingerprint density at radius 2 is 1.05 bits per heavy atom. The zero-order valence-corrected chi connectivity index (χ0v) is 33.3. The Balaban J connectivity index is 1.06. The molecule has 1 unspecified atom stereocenters. The van der Waals surface area contributed by atoms with Gasteiger partial charge < -0.3 is 5.32 Å². The topological polar surface area (TPSA) is 49.6 Å². The van der Waals surface area contributed by atoms with Gasteiger partial charge in [-0.1, -0.05) is 169 Å². The molecule has 0 saturated heterocycles. The van der Waals surface area contributed by atoms with Crippen molar-refractivity contribution in [3.8, 4) is 33.4 Å². The molecule has 282 valence electrons. The lowest BCUT2D eigenvalue weighted by molar-refractivity contribution is 0.674. The van der Waals surface area contributed by atoms with Gasteiger partial charge in [-0.25, -0.2) is 9.98 Å². The van der Waals surface area contributed by atoms with Crippen LogP contribution in [0.15, 0.2) is 226 Å². The molecule has 0 bridgehead atoms. The van der Waals surface area contributed by atoms with Crippen molar-refractivity contribution >= 4 is 34.3 Å². The molecule has 8 aromatic carbocycles. The van der Waals surface area contributed by atoms with Crippen LogP contribution in [-0.4, -0.2) is 16.7 Å². The molecule has 4 nitrogen and oxygen atoms in total. The molecule has 0 saturated carbocycles. The molecule has 9 aromatic rings. The number of nitrogens with zero attached hydrogens (tertiary/aromatic N) is 3. The lowest BCUT2D eigenvalue weighted by Crippen LogP contribution is -2.34. The van der Waals surface area contributed by atoms with Gasteiger partial charge in [0.2, 0.25) is 0 Å². The van der Waals surface area contributed by atoms with Crippen molar-refractivity contribution in [1.29, 1.82) is 0 Å². The van der Waals surface area contributed by atoms with Crippen molar-refractivity contribution in [1.82, 2.24) is 10.3 Å². The second kappa shape index (κ2) is 13.9. The molecule has 1 atom stereocenters. The Labute approximate surface area is 353 Å². The predicted molar refractivity (Wildman–Crippen MR) is 246 cm³/mol. The summed E-state index contributed by atoms with van der Waals surface area (Å²) in [6.07, 6.45) is 1.53. The van der Waals surface area contributed by atoms with Crippen LogP contribution >= 0.6 is 11.8 Å². The number of nitrogens with one attached hydrogen (secondary N) is 1. The SMILES string of the molecule is c1ccc(C2=NC(c3ccc4c(c3)C3(c5cc(-c6ccc7cccnc7c6)ccc5S4)c4ccccc4-c4ccccc43)=NC(c3cccc(-c4ccccc4)c3)N2)cc1. The first-order chi connectivity index (χ1) is 29.7. The van der Waals surface area contributed by atoms with Crippen molar-refractivity contribution in [3.63, 3.8) is 0 Å². The zero-order valence-electron chi connectivity index (χ0n) is 32.5. The minimum absolute atomic E-state index is 0.344. The van der Waals surface area contributed by atoms with Gasteiger partial charge in [-0.3, -0.25) is 4.98 Å². The Bertz CT molecular complexity index is 3180. The van der Waals surface area contributed by atoms with Gasteiger partial charge in [-0.2, -0.15) is 0 Å². The van der Waals surface area contributed by atoms with Crippen LogP contribution in [0.4, 0.5) is 0 Å². The van der Waals surface area contributed by atoms with Crippen molar-refractivity contribution in [2.45, 2.75) is 21.4 Å². The minimum atomic E-state index is -0.576. The first kappa shape index (κ1) is 34.7. The summed E-state index contributed by atoms with van der Waals surface area (Å²) < 4.78 is 0. The lowest BCUT2D eigenvalue weighted by atomic mass is 9.66. The molecule has 0 fully saturated rings. The predicted octanol–water partition coefficient (Wildman–Crippen LogP) is 12.9. The molecule has 2 aliphatic heterocycles. The summed E-state index contributed by atoms with van der Waals surface area (Å²) in [7, 11) is 0. The van der Waals surface area contributed by atoms with Gasteiger partial charge in [0, 0.05) is 32.5 Å². The molecule has 12 rings (SSSR count). The monoisotopic (exact) mass is 784 g/mol. The highest BCUT2D eigenvalue weighted by Crippen LogP contribution is 2.62. The minimum Gasteiger partial charge on any atom is -0.344 e. The van der Waals surface area contributed by atoms with Crippen LogP contribution in [0.2, 0.25) is 0 Å². The Kier molecular flexibility index (Phi) is 8.03. The smallest absolute Gasteiger partial charge is 0.159 e. The van der Waals surface area contributed by atoms with E-state index in [1.807, 2.05) is 30.1 Å². The average Bonchev–Trinajstić information content (AvgIpc) is 3.62. The van der Waals surface area contributed by atoms with Crippen molar-refractivity contribution in [2.24, 2.45) is 9.98 Å². The summed E-state index contributed by atoms with van der Waals surface area (Å²) in [6.45, 7) is 0. The second-order valence-corrected chi connectivity index (χ2v) is 16.7. The van der Waals surface area contributed by atoms with Crippen molar-refractivity contribution in [2.75, 3.05) is 0 Å². The standard InChI is InChI=1S/C55H36N4S/c1-3-13-35(14-4-1)38-17-11-18-41(31-38)53-57-52(37-15-5-2-6-16-37)58-54(59-53)42-27-29-51-48(33-42)55(45-22-9-7-20-43(45)44-21-8-10-23-46(44)55)47-32-39(26-28-50(47)60-51)40-25-24-36-19-12-30-56-49(36)34-40/h1-34,53H,(H,57,58,59). The molecule has 1 N–H and O–H groups in total. The first-order valence-corrected chi connectivity index (χ1v) is 21.2. The Morgan fingerprint density at radius 3 is 1.80 bits per heavy atom. The van der Waals surface area contributed by atoms with Gasteiger partial charge in [-0.15, -0.1) is 0 Å². The highest BCUT2D eigenvalue weighted by atomic mass is 32.2. The fraction of sp³-hybridized carbons (Fsp3) is 0.0364. The number of aromatic nitrogens is 1. The van der Waals surface area contributed by atoms with E-state index in [-0.39, 0.29) is 6.17 Å². The molecule has 1 aromatic heterocycles. The van der Waals surface area contributed by atoms with Gasteiger partial charge in [0.25, 0.3) is 0 Å². The summed E-state index contributed by atoms with van der Waals surface area (Å²) in [6, 6.07) is 72.2. The number of aliphatic imine (C=N–C) groups is 2. The molecule has 1 aliphatic carbocycles. The zero-order chi connectivity index (χ0) is 39.6. The summed E-state index contributed by atoms with van der Waals surface area (Å²) >= 11 is 1.85. The molecule has 0 amide bonds. The lowest BCUT2D eigenvalue weighted by Gasteiger charge is -2.40. The number of rotatable bonds is 5. The maximum atomic E-state index is 5.41. The number of fused-ring (bicyclic) bond motifs is 10. The van der Waals surface area contributed by atoms with Gasteiger partial charge in [0.05, 0.1) is 10.9 Å². The first-order valence-electron chi connectivity index (χ1n) is 20.4. The van der Waals surface area contributed by atoms with Gasteiger partial charge >= 0.3 is 0 Å². The number of amidine groups is 2. The molecule has 60 heavy (non-hydrogen) atoms. The fourth-order valence-corrected chi connectivity index (χ4v) is 10.6. The van der Waals surface area contributed by atoms with E-state index in [0.717, 1.165) is 44.6 Å². The number of hydrogen-bond acceptors (Lipinski definition) is 5. The Morgan fingerprint density at radius 1 is 0.450 bits per heavy atom. The van der Waals surface area contributed by atoms with E-state index < -0.39 is 5.41 Å². The van der Waals surface area contributed by atoms with E-state index in [9.17, 15) is 0 Å². The van der Waals surface area contributed by atoms with E-state index in [4.69, 9.17) is 15.0 Å². The van der Waals surface area contributed by atoms with Crippen LogP contribution in [0.1, 0.15) is 45.1 Å². The third-order valence-corrected chi connectivity index (χ3v) is 13.4. The summed E-state index contributed by atoms with van der Waals surface area (Å²) in [4.78, 5) is 17.9. The Hall–Kier alpha value is -7.34. The van der Waals surface area contributed by atoms with E-state index in [1.165, 1.54) is 54.3 Å². The highest BCUT2D eigenvalue weighted by molar-refractivity contribution is 7.99. The molecular weight excluding hydrogens is 749 g/mol. The van der Waals surface area contributed by atoms with E-state index in [2.05, 4.69) is 193 Å². The number of hydrogen-bond donors (Lipinski definition) is 1. The quantitative estimate of drug-likeness (QED) is 0.189. The van der Waals surface area contributed by atoms with Crippen molar-refractivity contribution in [3.05, 3.63) is 245 Å². The number of benzene rings is 8. The number of pyridine rings is 1. The summed E-state index contributed by atoms with van der Waals surface area (Å²) in [5.41, 5.74) is 15.8. The van der Waals surface area contributed by atoms with E-state index in [0.29, 0.717) is 5.84 Å². The van der Waals surface area contributed by atoms with Gasteiger partial charge in [0.1, 0.15) is 12.0 Å². The molecule has 0 radical (unpaired) electrons. The largest absolute Gasteiger partial charge is 0.344 e. The molecule has 1 spiro atoms. The highest BCUT2D eigenvalue weighted by Gasteiger charge is 2.50. The van der Waals surface area contributed by atoms with E-state index >= 15 is 0 Å². The summed E-state index contributed by atoms with van der Waals surface area (Å²) in [5.74, 6) is 1.50. The second-order valence-electron chi connectivity index (χ2n) is 15.6. The molecule has 3 heterocycles. The van der Waals surface area contributed by atoms with Crippen molar-refractivity contribution < 1.29 is 0 Å². The van der Waals surface area contributed by atoms with Gasteiger partial charge in [0.15, 0.2) is 5.84 Å². The average molecular weight is 785 g/mol. The molecule has 5 heteroatoms. The van der Waals surface area contributed by atoms with Crippen LogP contribution in [-0.2, 0) is 5.41 Å².